The number of unbranched alkanes of at least 4 members (excludes halogenated alkanes) is 2. The van der Waals surface area contributed by atoms with Crippen LogP contribution in [0.3, 0.4) is 0 Å². The first-order valence-corrected chi connectivity index (χ1v) is 11.2. The standard InChI is InChI=1S/C19H29FN2O5S/c1-14(16-9-17(20)11-18(10-16)27-13-15-5-6-15)22-28(24,25)8-4-2-3-7-26-19(23)12-21/h9-11,14-15,22H,2-8,12-13,21H2,1H3. The zero-order valence-electron chi connectivity index (χ0n) is 16.2. The Hall–Kier alpha value is -1.71. The van der Waals surface area contributed by atoms with Crippen LogP contribution in [0.5, 0.6) is 5.75 Å². The van der Waals surface area contributed by atoms with Gasteiger partial charge in [-0.2, -0.15) is 0 Å². The topological polar surface area (TPSA) is 108 Å². The largest absolute Gasteiger partial charge is 0.493 e. The van der Waals surface area contributed by atoms with Crippen molar-refractivity contribution in [2.75, 3.05) is 25.5 Å². The molecule has 1 saturated carbocycles. The van der Waals surface area contributed by atoms with E-state index < -0.39 is 27.9 Å². The molecule has 0 spiro atoms. The number of nitrogens with one attached hydrogen (secondary N) is 1. The fraction of sp³-hybridized carbons (Fsp3) is 0.632. The first-order chi connectivity index (χ1) is 13.3. The van der Waals surface area contributed by atoms with Gasteiger partial charge in [0.1, 0.15) is 11.6 Å². The second kappa shape index (κ2) is 10.7. The quantitative estimate of drug-likeness (QED) is 0.377. The van der Waals surface area contributed by atoms with Crippen LogP contribution in [0.1, 0.15) is 50.6 Å². The smallest absolute Gasteiger partial charge is 0.319 e. The molecule has 0 radical (unpaired) electrons. The number of benzene rings is 1. The molecule has 0 aliphatic heterocycles. The average Bonchev–Trinajstić information content (AvgIpc) is 3.46. The van der Waals surface area contributed by atoms with Gasteiger partial charge in [0.2, 0.25) is 10.0 Å². The summed E-state index contributed by atoms with van der Waals surface area (Å²) in [4.78, 5) is 10.9. The molecule has 0 bridgehead atoms. The average molecular weight is 417 g/mol. The fourth-order valence-corrected chi connectivity index (χ4v) is 4.01. The normalized spacial score (nSPS) is 15.2. The lowest BCUT2D eigenvalue weighted by molar-refractivity contribution is -0.142. The number of nitrogens with two attached hydrogens (primary N) is 1. The van der Waals surface area contributed by atoms with Crippen LogP contribution in [0.4, 0.5) is 4.39 Å². The molecule has 1 unspecified atom stereocenters. The molecule has 0 saturated heterocycles. The van der Waals surface area contributed by atoms with E-state index in [1.807, 2.05) is 0 Å². The number of rotatable bonds is 13. The summed E-state index contributed by atoms with van der Waals surface area (Å²) < 4.78 is 51.4. The molecule has 7 nitrogen and oxygen atoms in total. The molecule has 0 heterocycles. The van der Waals surface area contributed by atoms with Crippen LogP contribution >= 0.6 is 0 Å². The van der Waals surface area contributed by atoms with Gasteiger partial charge in [-0.15, -0.1) is 0 Å². The number of hydrogen-bond acceptors (Lipinski definition) is 6. The number of ether oxygens (including phenoxy) is 2. The molecule has 3 N–H and O–H groups in total. The predicted molar refractivity (Wildman–Crippen MR) is 104 cm³/mol. The van der Waals surface area contributed by atoms with Crippen LogP contribution in [-0.2, 0) is 19.6 Å². The van der Waals surface area contributed by atoms with E-state index in [1.165, 1.54) is 12.1 Å². The van der Waals surface area contributed by atoms with Crippen LogP contribution in [0.2, 0.25) is 0 Å². The van der Waals surface area contributed by atoms with Gasteiger partial charge in [0.05, 0.1) is 25.5 Å². The second-order valence-corrected chi connectivity index (χ2v) is 8.99. The van der Waals surface area contributed by atoms with Crippen molar-refractivity contribution in [3.63, 3.8) is 0 Å². The highest BCUT2D eigenvalue weighted by molar-refractivity contribution is 7.89. The lowest BCUT2D eigenvalue weighted by Gasteiger charge is -2.16. The molecular formula is C19H29FN2O5S. The van der Waals surface area contributed by atoms with Crippen molar-refractivity contribution in [2.45, 2.75) is 45.1 Å². The van der Waals surface area contributed by atoms with E-state index in [2.05, 4.69) is 4.72 Å². The van der Waals surface area contributed by atoms with Crippen LogP contribution < -0.4 is 15.2 Å². The summed E-state index contributed by atoms with van der Waals surface area (Å²) >= 11 is 0. The summed E-state index contributed by atoms with van der Waals surface area (Å²) in [5.74, 6) is -0.0239. The molecule has 1 aromatic rings. The Bertz CT molecular complexity index is 753. The van der Waals surface area contributed by atoms with E-state index in [0.29, 0.717) is 43.1 Å². The monoisotopic (exact) mass is 416 g/mol. The van der Waals surface area contributed by atoms with Crippen molar-refractivity contribution in [1.82, 2.24) is 4.72 Å². The fourth-order valence-electron chi connectivity index (χ4n) is 2.63. The summed E-state index contributed by atoms with van der Waals surface area (Å²) in [5.41, 5.74) is 5.64. The maximum Gasteiger partial charge on any atom is 0.319 e. The van der Waals surface area contributed by atoms with Crippen molar-refractivity contribution >= 4 is 16.0 Å². The van der Waals surface area contributed by atoms with Crippen LogP contribution in [0.15, 0.2) is 18.2 Å². The number of esters is 1. The van der Waals surface area contributed by atoms with Gasteiger partial charge in [-0.1, -0.05) is 0 Å². The van der Waals surface area contributed by atoms with Gasteiger partial charge in [-0.25, -0.2) is 17.5 Å². The minimum absolute atomic E-state index is 0.0530. The Balaban J connectivity index is 1.78. The first kappa shape index (κ1) is 22.6. The van der Waals surface area contributed by atoms with Gasteiger partial charge in [0, 0.05) is 12.1 Å². The van der Waals surface area contributed by atoms with Crippen LogP contribution in [0, 0.1) is 11.7 Å². The molecule has 1 aromatic carbocycles. The van der Waals surface area contributed by atoms with E-state index >= 15 is 0 Å². The zero-order valence-corrected chi connectivity index (χ0v) is 17.0. The summed E-state index contributed by atoms with van der Waals surface area (Å²) in [5, 5.41) is 0. The van der Waals surface area contributed by atoms with Gasteiger partial charge >= 0.3 is 5.97 Å². The highest BCUT2D eigenvalue weighted by atomic mass is 32.2. The predicted octanol–water partition coefficient (Wildman–Crippen LogP) is 2.27. The highest BCUT2D eigenvalue weighted by Crippen LogP contribution is 2.30. The summed E-state index contributed by atoms with van der Waals surface area (Å²) in [7, 11) is -3.52. The van der Waals surface area contributed by atoms with Gasteiger partial charge in [0.15, 0.2) is 0 Å². The number of carbonyl (C=O) groups is 1. The van der Waals surface area contributed by atoms with Crippen LogP contribution in [0.25, 0.3) is 0 Å². The minimum atomic E-state index is -3.52. The summed E-state index contributed by atoms with van der Waals surface area (Å²) in [6, 6.07) is 3.72. The van der Waals surface area contributed by atoms with Gasteiger partial charge in [0.25, 0.3) is 0 Å². The Kier molecular flexibility index (Phi) is 8.65. The lowest BCUT2D eigenvalue weighted by atomic mass is 10.1. The number of carbonyl (C=O) groups excluding carboxylic acids is 1. The maximum atomic E-state index is 13.9. The molecule has 1 atom stereocenters. The van der Waals surface area contributed by atoms with E-state index in [-0.39, 0.29) is 18.9 Å². The number of hydrogen-bond donors (Lipinski definition) is 2. The van der Waals surface area contributed by atoms with E-state index in [1.54, 1.807) is 13.0 Å². The van der Waals surface area contributed by atoms with E-state index in [9.17, 15) is 17.6 Å². The van der Waals surface area contributed by atoms with E-state index in [0.717, 1.165) is 12.8 Å². The zero-order chi connectivity index (χ0) is 20.6. The van der Waals surface area contributed by atoms with Gasteiger partial charge < -0.3 is 15.2 Å². The van der Waals surface area contributed by atoms with Crippen molar-refractivity contribution < 1.29 is 27.1 Å². The first-order valence-electron chi connectivity index (χ1n) is 9.58. The van der Waals surface area contributed by atoms with Crippen LogP contribution in [-0.4, -0.2) is 39.9 Å². The molecule has 9 heteroatoms. The Morgan fingerprint density at radius 2 is 2.04 bits per heavy atom. The third-order valence-corrected chi connectivity index (χ3v) is 5.96. The van der Waals surface area contributed by atoms with Crippen molar-refractivity contribution in [3.8, 4) is 5.75 Å². The molecule has 1 aliphatic rings. The van der Waals surface area contributed by atoms with Gasteiger partial charge in [-0.05, 0) is 62.6 Å². The molecule has 0 amide bonds. The molecule has 2 rings (SSSR count). The summed E-state index contributed by atoms with van der Waals surface area (Å²) in [6.07, 6.45) is 3.87. The third-order valence-electron chi connectivity index (χ3n) is 4.42. The minimum Gasteiger partial charge on any atom is -0.493 e. The number of sulfonamides is 1. The molecule has 1 fully saturated rings. The lowest BCUT2D eigenvalue weighted by Crippen LogP contribution is -2.29. The van der Waals surface area contributed by atoms with Gasteiger partial charge in [-0.3, -0.25) is 4.79 Å². The SMILES string of the molecule is CC(NS(=O)(=O)CCCCCOC(=O)CN)c1cc(F)cc(OCC2CC2)c1. The van der Waals surface area contributed by atoms with Crippen molar-refractivity contribution in [1.29, 1.82) is 0 Å². The third kappa shape index (κ3) is 8.53. The molecule has 0 aromatic heterocycles. The Morgan fingerprint density at radius 1 is 1.29 bits per heavy atom. The summed E-state index contributed by atoms with van der Waals surface area (Å²) in [6.45, 7) is 2.29. The number of halogens is 1. The Morgan fingerprint density at radius 3 is 2.71 bits per heavy atom. The van der Waals surface area contributed by atoms with Crippen molar-refractivity contribution in [2.24, 2.45) is 11.7 Å². The second-order valence-electron chi connectivity index (χ2n) is 7.12. The highest BCUT2D eigenvalue weighted by Gasteiger charge is 2.22. The van der Waals surface area contributed by atoms with Crippen molar-refractivity contribution in [3.05, 3.63) is 29.6 Å². The maximum absolute atomic E-state index is 13.9. The Labute approximate surface area is 165 Å². The molecule has 28 heavy (non-hydrogen) atoms. The van der Waals surface area contributed by atoms with E-state index in [4.69, 9.17) is 15.2 Å². The molecular weight excluding hydrogens is 387 g/mol. The molecule has 1 aliphatic carbocycles. The molecule has 158 valence electrons.